The number of aromatic nitrogens is 2. The van der Waals surface area contributed by atoms with Gasteiger partial charge >= 0.3 is 5.97 Å². The van der Waals surface area contributed by atoms with Crippen LogP contribution in [0.25, 0.3) is 33.4 Å². The van der Waals surface area contributed by atoms with Gasteiger partial charge in [-0.05, 0) is 29.7 Å². The van der Waals surface area contributed by atoms with E-state index in [9.17, 15) is 14.7 Å². The molecule has 9 heteroatoms. The van der Waals surface area contributed by atoms with Crippen LogP contribution >= 0.6 is 0 Å². The number of esters is 1. The second-order valence-corrected chi connectivity index (χ2v) is 16.5. The van der Waals surface area contributed by atoms with Crippen molar-refractivity contribution in [2.24, 2.45) is 0 Å². The zero-order valence-corrected chi connectivity index (χ0v) is 23.3. The second-order valence-electron chi connectivity index (χ2n) is 11.5. The average molecular weight is 541 g/mol. The molecule has 3 aliphatic heterocycles. The number of benzene rings is 2. The normalized spacial score (nSPS) is 19.1. The summed E-state index contributed by atoms with van der Waals surface area (Å²) in [6.07, 6.45) is 0.0951. The van der Waals surface area contributed by atoms with Crippen LogP contribution in [0.5, 0.6) is 11.5 Å². The lowest BCUT2D eigenvalue weighted by Gasteiger charge is -2.31. The van der Waals surface area contributed by atoms with Crippen LogP contribution in [-0.2, 0) is 28.3 Å². The molecule has 0 bridgehead atoms. The first-order valence-corrected chi connectivity index (χ1v) is 16.6. The molecule has 0 unspecified atom stereocenters. The predicted molar refractivity (Wildman–Crippen MR) is 149 cm³/mol. The fourth-order valence-corrected chi connectivity index (χ4v) is 7.10. The van der Waals surface area contributed by atoms with Crippen molar-refractivity contribution < 1.29 is 24.1 Å². The molecule has 3 aliphatic rings. The molecule has 0 fully saturated rings. The Labute approximate surface area is 225 Å². The first-order valence-electron chi connectivity index (χ1n) is 13.1. The van der Waals surface area contributed by atoms with Gasteiger partial charge in [0.2, 0.25) is 6.79 Å². The van der Waals surface area contributed by atoms with E-state index in [0.29, 0.717) is 46.1 Å². The van der Waals surface area contributed by atoms with E-state index in [1.807, 2.05) is 12.1 Å². The Bertz CT molecular complexity index is 1790. The summed E-state index contributed by atoms with van der Waals surface area (Å²) in [7, 11) is -1.50. The van der Waals surface area contributed by atoms with Gasteiger partial charge in [-0.2, -0.15) is 0 Å². The molecular weight excluding hydrogens is 512 g/mol. The Kier molecular flexibility index (Phi) is 4.96. The third-order valence-electron chi connectivity index (χ3n) is 8.22. The van der Waals surface area contributed by atoms with Crippen LogP contribution in [0.1, 0.15) is 30.0 Å². The van der Waals surface area contributed by atoms with Gasteiger partial charge in [0.1, 0.15) is 6.61 Å². The molecule has 7 rings (SSSR count). The zero-order chi connectivity index (χ0) is 27.3. The molecule has 0 saturated heterocycles. The SMILES string of the molecule is CC[C@@]1(O)C(=O)OCc2c1cc1n(c2=O)Cc2c-1nc1cc3c(cc1c2-c1ccc([Si](C)(C)C)cc1)OCO3. The van der Waals surface area contributed by atoms with Gasteiger partial charge in [-0.25, -0.2) is 9.78 Å². The summed E-state index contributed by atoms with van der Waals surface area (Å²) < 4.78 is 18.2. The van der Waals surface area contributed by atoms with Crippen LogP contribution in [0.3, 0.4) is 0 Å². The van der Waals surface area contributed by atoms with Crippen molar-refractivity contribution in [2.45, 2.75) is 51.7 Å². The van der Waals surface area contributed by atoms with Crippen molar-refractivity contribution in [1.29, 1.82) is 0 Å². The summed E-state index contributed by atoms with van der Waals surface area (Å²) in [5, 5.41) is 13.5. The third kappa shape index (κ3) is 3.36. The number of hydrogen-bond acceptors (Lipinski definition) is 7. The highest BCUT2D eigenvalue weighted by molar-refractivity contribution is 6.88. The monoisotopic (exact) mass is 540 g/mol. The highest BCUT2D eigenvalue weighted by atomic mass is 28.3. The van der Waals surface area contributed by atoms with Crippen molar-refractivity contribution in [3.05, 3.63) is 69.5 Å². The quantitative estimate of drug-likeness (QED) is 0.273. The van der Waals surface area contributed by atoms with Gasteiger partial charge in [-0.1, -0.05) is 56.0 Å². The molecule has 0 radical (unpaired) electrons. The maximum atomic E-state index is 13.7. The van der Waals surface area contributed by atoms with Gasteiger partial charge in [0.25, 0.3) is 5.56 Å². The van der Waals surface area contributed by atoms with Crippen LogP contribution in [0.15, 0.2) is 47.3 Å². The first kappa shape index (κ1) is 24.1. The number of rotatable bonds is 3. The summed E-state index contributed by atoms with van der Waals surface area (Å²) in [5.74, 6) is 0.553. The topological polar surface area (TPSA) is 99.9 Å². The molecule has 198 valence electrons. The number of cyclic esters (lactones) is 1. The van der Waals surface area contributed by atoms with Crippen LogP contribution in [0, 0.1) is 0 Å². The summed E-state index contributed by atoms with van der Waals surface area (Å²) >= 11 is 0. The maximum Gasteiger partial charge on any atom is 0.343 e. The number of carbonyl (C=O) groups is 1. The number of pyridine rings is 2. The number of ether oxygens (including phenoxy) is 3. The van der Waals surface area contributed by atoms with Gasteiger partial charge in [-0.15, -0.1) is 0 Å². The van der Waals surface area contributed by atoms with Crippen molar-refractivity contribution >= 4 is 30.1 Å². The number of fused-ring (bicyclic) bond motifs is 6. The van der Waals surface area contributed by atoms with Gasteiger partial charge in [0, 0.05) is 22.6 Å². The minimum atomic E-state index is -1.87. The molecule has 4 aromatic rings. The lowest BCUT2D eigenvalue weighted by Crippen LogP contribution is -2.44. The fraction of sp³-hybridized carbons (Fsp3) is 0.300. The lowest BCUT2D eigenvalue weighted by atomic mass is 9.86. The van der Waals surface area contributed by atoms with Crippen LogP contribution in [0.4, 0.5) is 0 Å². The highest BCUT2D eigenvalue weighted by Gasteiger charge is 2.45. The molecule has 1 atom stereocenters. The Morgan fingerprint density at radius 3 is 2.41 bits per heavy atom. The van der Waals surface area contributed by atoms with Crippen LogP contribution < -0.4 is 20.2 Å². The smallest absolute Gasteiger partial charge is 0.343 e. The van der Waals surface area contributed by atoms with E-state index >= 15 is 0 Å². The Hall–Kier alpha value is -3.95. The first-order chi connectivity index (χ1) is 18.6. The van der Waals surface area contributed by atoms with E-state index in [1.54, 1.807) is 17.6 Å². The second kappa shape index (κ2) is 8.03. The van der Waals surface area contributed by atoms with E-state index < -0.39 is 19.6 Å². The number of aliphatic hydroxyl groups is 1. The lowest BCUT2D eigenvalue weighted by molar-refractivity contribution is -0.172. The molecular formula is C30H28N2O6Si. The van der Waals surface area contributed by atoms with Crippen molar-refractivity contribution in [3.8, 4) is 34.0 Å². The summed E-state index contributed by atoms with van der Waals surface area (Å²) in [4.78, 5) is 31.3. The van der Waals surface area contributed by atoms with E-state index in [1.165, 1.54) is 5.19 Å². The predicted octanol–water partition coefficient (Wildman–Crippen LogP) is 4.02. The molecule has 39 heavy (non-hydrogen) atoms. The number of hydrogen-bond donors (Lipinski definition) is 1. The molecule has 8 nitrogen and oxygen atoms in total. The summed E-state index contributed by atoms with van der Waals surface area (Å²) in [6, 6.07) is 14.3. The van der Waals surface area contributed by atoms with Crippen molar-refractivity contribution in [3.63, 3.8) is 0 Å². The highest BCUT2D eigenvalue weighted by Crippen LogP contribution is 2.46. The van der Waals surface area contributed by atoms with Gasteiger partial charge in [0.05, 0.1) is 37.1 Å². The Balaban J connectivity index is 1.52. The average Bonchev–Trinajstić information content (AvgIpc) is 3.52. The number of nitrogens with zero attached hydrogens (tertiary/aromatic N) is 2. The molecule has 0 amide bonds. The van der Waals surface area contributed by atoms with Crippen molar-refractivity contribution in [2.75, 3.05) is 6.79 Å². The Morgan fingerprint density at radius 1 is 1.00 bits per heavy atom. The van der Waals surface area contributed by atoms with E-state index in [4.69, 9.17) is 19.2 Å². The van der Waals surface area contributed by atoms with E-state index in [-0.39, 0.29) is 25.4 Å². The molecule has 2 aromatic heterocycles. The van der Waals surface area contributed by atoms with Gasteiger partial charge < -0.3 is 23.9 Å². The van der Waals surface area contributed by atoms with Crippen molar-refractivity contribution in [1.82, 2.24) is 9.55 Å². The maximum absolute atomic E-state index is 13.7. The molecule has 5 heterocycles. The minimum absolute atomic E-state index is 0.0951. The largest absolute Gasteiger partial charge is 0.458 e. The van der Waals surface area contributed by atoms with E-state index in [2.05, 4.69) is 43.9 Å². The summed E-state index contributed by atoms with van der Waals surface area (Å²) in [5.41, 5.74) is 3.32. The van der Waals surface area contributed by atoms with Gasteiger partial charge in [0.15, 0.2) is 17.1 Å². The molecule has 1 N–H and O–H groups in total. The zero-order valence-electron chi connectivity index (χ0n) is 22.3. The van der Waals surface area contributed by atoms with Crippen LogP contribution in [0.2, 0.25) is 19.6 Å². The molecule has 0 spiro atoms. The molecule has 0 saturated carbocycles. The third-order valence-corrected chi connectivity index (χ3v) is 10.3. The molecule has 0 aliphatic carbocycles. The minimum Gasteiger partial charge on any atom is -0.458 e. The van der Waals surface area contributed by atoms with E-state index in [0.717, 1.165) is 22.1 Å². The molecule has 2 aromatic carbocycles. The Morgan fingerprint density at radius 2 is 1.72 bits per heavy atom. The standard InChI is InChI=1S/C30H28N2O6Si/c1-5-30(35)21-11-23-27-19(13-32(23)28(33)20(21)14-36-29(30)34)26(16-6-8-17(9-7-16)39(2,3)4)18-10-24-25(38-15-37-24)12-22(18)31-27/h6-12,35H,5,13-15H2,1-4H3/t30-/m0/s1. The number of carbonyl (C=O) groups excluding carboxylic acids is 1. The fourth-order valence-electron chi connectivity index (χ4n) is 5.94. The van der Waals surface area contributed by atoms with Gasteiger partial charge in [-0.3, -0.25) is 4.79 Å². The summed E-state index contributed by atoms with van der Waals surface area (Å²) in [6.45, 7) is 8.97. The van der Waals surface area contributed by atoms with Crippen LogP contribution in [-0.4, -0.2) is 35.5 Å².